The topological polar surface area (TPSA) is 26.3 Å². The van der Waals surface area contributed by atoms with E-state index in [9.17, 15) is 4.79 Å². The largest absolute Gasteiger partial charge is 0.469 e. The molecular weight excluding hydrogens is 208 g/mol. The Balaban J connectivity index is 3.10. The minimum Gasteiger partial charge on any atom is -0.469 e. The Bertz CT molecular complexity index is 337. The number of methoxy groups -OCH3 is 1. The molecule has 3 heteroatoms. The highest BCUT2D eigenvalue weighted by Crippen LogP contribution is 2.43. The van der Waals surface area contributed by atoms with Gasteiger partial charge in [-0.2, -0.15) is 0 Å². The zero-order valence-corrected chi connectivity index (χ0v) is 10.8. The molecule has 0 aliphatic heterocycles. The van der Waals surface area contributed by atoms with Gasteiger partial charge in [-0.05, 0) is 25.3 Å². The lowest BCUT2D eigenvalue weighted by Gasteiger charge is -2.38. The van der Waals surface area contributed by atoms with Gasteiger partial charge in [0.25, 0.3) is 0 Å². The lowest BCUT2D eigenvalue weighted by molar-refractivity contribution is -0.154. The summed E-state index contributed by atoms with van der Waals surface area (Å²) in [5.41, 5.74) is -0.735. The molecule has 0 aromatic carbocycles. The fourth-order valence-corrected chi connectivity index (χ4v) is 2.46. The average Bonchev–Trinajstić information content (AvgIpc) is 2.69. The maximum absolute atomic E-state index is 11.8. The van der Waals surface area contributed by atoms with Crippen LogP contribution in [-0.2, 0) is 14.9 Å². The minimum absolute atomic E-state index is 0.166. The van der Waals surface area contributed by atoms with E-state index in [1.54, 1.807) is 11.3 Å². The van der Waals surface area contributed by atoms with Crippen molar-refractivity contribution in [3.05, 3.63) is 22.4 Å². The van der Waals surface area contributed by atoms with Crippen molar-refractivity contribution in [2.75, 3.05) is 7.11 Å². The first-order valence-electron chi connectivity index (χ1n) is 4.96. The second kappa shape index (κ2) is 3.97. The van der Waals surface area contributed by atoms with Gasteiger partial charge in [-0.25, -0.2) is 0 Å². The predicted molar refractivity (Wildman–Crippen MR) is 63.1 cm³/mol. The molecule has 1 heterocycles. The van der Waals surface area contributed by atoms with Crippen LogP contribution in [0.4, 0.5) is 0 Å². The van der Waals surface area contributed by atoms with Crippen LogP contribution in [0.5, 0.6) is 0 Å². The van der Waals surface area contributed by atoms with Gasteiger partial charge in [0.15, 0.2) is 0 Å². The SMILES string of the molecule is COC(=O)C(C)(C)C(C)(C)c1cccs1. The monoisotopic (exact) mass is 226 g/mol. The standard InChI is InChI=1S/C12H18O2S/c1-11(2,9-7-6-8-15-9)12(3,4)10(13)14-5/h6-8H,1-5H3. The molecule has 0 spiro atoms. The molecule has 84 valence electrons. The molecule has 0 saturated carbocycles. The number of hydrogen-bond acceptors (Lipinski definition) is 3. The van der Waals surface area contributed by atoms with Crippen LogP contribution in [0, 0.1) is 5.41 Å². The van der Waals surface area contributed by atoms with Crippen molar-refractivity contribution in [1.29, 1.82) is 0 Å². The number of rotatable bonds is 3. The normalized spacial score (nSPS) is 12.6. The van der Waals surface area contributed by atoms with Gasteiger partial charge < -0.3 is 4.74 Å². The molecule has 0 N–H and O–H groups in total. The number of ether oxygens (including phenoxy) is 1. The van der Waals surface area contributed by atoms with E-state index in [0.717, 1.165) is 0 Å². The maximum Gasteiger partial charge on any atom is 0.312 e. The van der Waals surface area contributed by atoms with Crippen molar-refractivity contribution in [1.82, 2.24) is 0 Å². The van der Waals surface area contributed by atoms with E-state index in [4.69, 9.17) is 4.74 Å². The van der Waals surface area contributed by atoms with Crippen LogP contribution >= 0.6 is 11.3 Å². The highest BCUT2D eigenvalue weighted by Gasteiger charge is 2.45. The predicted octanol–water partition coefficient (Wildman–Crippen LogP) is 3.22. The average molecular weight is 226 g/mol. The Hall–Kier alpha value is -0.830. The van der Waals surface area contributed by atoms with E-state index in [-0.39, 0.29) is 11.4 Å². The molecule has 0 unspecified atom stereocenters. The van der Waals surface area contributed by atoms with Gasteiger partial charge >= 0.3 is 5.97 Å². The lowest BCUT2D eigenvalue weighted by Crippen LogP contribution is -2.43. The van der Waals surface area contributed by atoms with Gasteiger partial charge in [0.1, 0.15) is 0 Å². The van der Waals surface area contributed by atoms with Crippen molar-refractivity contribution in [3.63, 3.8) is 0 Å². The van der Waals surface area contributed by atoms with Gasteiger partial charge in [0.2, 0.25) is 0 Å². The van der Waals surface area contributed by atoms with Crippen molar-refractivity contribution < 1.29 is 9.53 Å². The van der Waals surface area contributed by atoms with Crippen LogP contribution in [0.3, 0.4) is 0 Å². The zero-order chi connectivity index (χ0) is 11.7. The van der Waals surface area contributed by atoms with Gasteiger partial charge in [-0.3, -0.25) is 4.79 Å². The Morgan fingerprint density at radius 2 is 1.93 bits per heavy atom. The molecule has 0 radical (unpaired) electrons. The van der Waals surface area contributed by atoms with Gasteiger partial charge in [-0.15, -0.1) is 11.3 Å². The third-order valence-corrected chi connectivity index (χ3v) is 4.59. The molecule has 0 aliphatic rings. The fraction of sp³-hybridized carbons (Fsp3) is 0.583. The Morgan fingerprint density at radius 3 is 2.33 bits per heavy atom. The third kappa shape index (κ3) is 1.93. The van der Waals surface area contributed by atoms with Gasteiger partial charge in [0, 0.05) is 10.3 Å². The minimum atomic E-state index is -0.521. The second-order valence-corrected chi connectivity index (χ2v) is 5.67. The number of carbonyl (C=O) groups excluding carboxylic acids is 1. The summed E-state index contributed by atoms with van der Waals surface area (Å²) in [5.74, 6) is -0.166. The third-order valence-electron chi connectivity index (χ3n) is 3.40. The van der Waals surface area contributed by atoms with E-state index >= 15 is 0 Å². The summed E-state index contributed by atoms with van der Waals surface area (Å²) < 4.78 is 4.87. The summed E-state index contributed by atoms with van der Waals surface area (Å²) in [5, 5.41) is 2.03. The van der Waals surface area contributed by atoms with E-state index in [0.29, 0.717) is 0 Å². The maximum atomic E-state index is 11.8. The summed E-state index contributed by atoms with van der Waals surface area (Å²) in [4.78, 5) is 13.0. The first-order valence-corrected chi connectivity index (χ1v) is 5.84. The number of hydrogen-bond donors (Lipinski definition) is 0. The van der Waals surface area contributed by atoms with Crippen molar-refractivity contribution in [2.24, 2.45) is 5.41 Å². The molecule has 2 nitrogen and oxygen atoms in total. The van der Waals surface area contributed by atoms with Crippen LogP contribution < -0.4 is 0 Å². The van der Waals surface area contributed by atoms with Gasteiger partial charge in [-0.1, -0.05) is 19.9 Å². The zero-order valence-electron chi connectivity index (χ0n) is 9.96. The lowest BCUT2D eigenvalue weighted by atomic mass is 9.67. The van der Waals surface area contributed by atoms with Crippen LogP contribution in [0.2, 0.25) is 0 Å². The summed E-state index contributed by atoms with van der Waals surface area (Å²) in [7, 11) is 1.44. The number of esters is 1. The molecule has 1 aromatic heterocycles. The number of thiophene rings is 1. The van der Waals surface area contributed by atoms with E-state index in [1.807, 2.05) is 25.3 Å². The molecule has 15 heavy (non-hydrogen) atoms. The molecule has 0 fully saturated rings. The molecule has 0 atom stereocenters. The Labute approximate surface area is 95.3 Å². The molecule has 1 aromatic rings. The quantitative estimate of drug-likeness (QED) is 0.740. The highest BCUT2D eigenvalue weighted by atomic mass is 32.1. The molecule has 1 rings (SSSR count). The molecule has 0 aliphatic carbocycles. The molecule has 0 saturated heterocycles. The van der Waals surface area contributed by atoms with Crippen LogP contribution in [-0.4, -0.2) is 13.1 Å². The van der Waals surface area contributed by atoms with Crippen molar-refractivity contribution in [2.45, 2.75) is 33.1 Å². The Morgan fingerprint density at radius 1 is 1.33 bits per heavy atom. The van der Waals surface area contributed by atoms with Crippen LogP contribution in [0.1, 0.15) is 32.6 Å². The van der Waals surface area contributed by atoms with Crippen LogP contribution in [0.25, 0.3) is 0 Å². The smallest absolute Gasteiger partial charge is 0.312 e. The highest BCUT2D eigenvalue weighted by molar-refractivity contribution is 7.10. The molecule has 0 amide bonds. The van der Waals surface area contributed by atoms with Crippen LogP contribution in [0.15, 0.2) is 17.5 Å². The summed E-state index contributed by atoms with van der Waals surface area (Å²) >= 11 is 1.68. The summed E-state index contributed by atoms with van der Waals surface area (Å²) in [6.45, 7) is 8.02. The Kier molecular flexibility index (Phi) is 3.24. The van der Waals surface area contributed by atoms with Gasteiger partial charge in [0.05, 0.1) is 12.5 Å². The number of carbonyl (C=O) groups is 1. The van der Waals surface area contributed by atoms with Crippen molar-refractivity contribution in [3.8, 4) is 0 Å². The van der Waals surface area contributed by atoms with E-state index in [1.165, 1.54) is 12.0 Å². The van der Waals surface area contributed by atoms with E-state index in [2.05, 4.69) is 19.9 Å². The molecular formula is C12H18O2S. The summed E-state index contributed by atoms with van der Waals surface area (Å²) in [6, 6.07) is 4.07. The second-order valence-electron chi connectivity index (χ2n) is 4.72. The van der Waals surface area contributed by atoms with Crippen molar-refractivity contribution >= 4 is 17.3 Å². The van der Waals surface area contributed by atoms with E-state index < -0.39 is 5.41 Å². The molecule has 0 bridgehead atoms. The summed E-state index contributed by atoms with van der Waals surface area (Å²) in [6.07, 6.45) is 0. The fourth-order valence-electron chi connectivity index (χ4n) is 1.45. The first kappa shape index (κ1) is 12.2. The first-order chi connectivity index (χ1) is 6.84.